The molecule has 1 aliphatic heterocycles. The second-order valence-electron chi connectivity index (χ2n) is 4.91. The van der Waals surface area contributed by atoms with Crippen molar-refractivity contribution in [3.63, 3.8) is 0 Å². The maximum atomic E-state index is 4.41. The first-order chi connectivity index (χ1) is 8.24. The van der Waals surface area contributed by atoms with Gasteiger partial charge in [-0.3, -0.25) is 0 Å². The zero-order chi connectivity index (χ0) is 12.1. The molecule has 0 aromatic carbocycles. The van der Waals surface area contributed by atoms with Gasteiger partial charge in [-0.25, -0.2) is 9.97 Å². The van der Waals surface area contributed by atoms with Gasteiger partial charge in [0.15, 0.2) is 0 Å². The summed E-state index contributed by atoms with van der Waals surface area (Å²) in [7, 11) is 2.20. The second-order valence-corrected chi connectivity index (χ2v) is 4.91. The summed E-state index contributed by atoms with van der Waals surface area (Å²) in [5, 5.41) is 3.61. The van der Waals surface area contributed by atoms with E-state index in [4.69, 9.17) is 0 Å². The average Bonchev–Trinajstić information content (AvgIpc) is 2.52. The highest BCUT2D eigenvalue weighted by molar-refractivity contribution is 5.01. The van der Waals surface area contributed by atoms with Gasteiger partial charge in [0, 0.05) is 18.8 Å². The maximum absolute atomic E-state index is 4.41. The molecule has 0 amide bonds. The van der Waals surface area contributed by atoms with Crippen LogP contribution in [0.5, 0.6) is 0 Å². The van der Waals surface area contributed by atoms with Crippen LogP contribution in [-0.2, 0) is 6.54 Å². The zero-order valence-corrected chi connectivity index (χ0v) is 10.8. The van der Waals surface area contributed by atoms with Crippen LogP contribution in [0.1, 0.15) is 30.8 Å². The molecule has 0 radical (unpaired) electrons. The Balaban J connectivity index is 1.81. The summed E-state index contributed by atoms with van der Waals surface area (Å²) in [5.41, 5.74) is 1.09. The van der Waals surface area contributed by atoms with Crippen LogP contribution in [0.25, 0.3) is 0 Å². The van der Waals surface area contributed by atoms with Gasteiger partial charge in [0.25, 0.3) is 0 Å². The molecule has 17 heavy (non-hydrogen) atoms. The highest BCUT2D eigenvalue weighted by Crippen LogP contribution is 2.10. The number of hydrogen-bond acceptors (Lipinski definition) is 4. The first kappa shape index (κ1) is 12.5. The monoisotopic (exact) mass is 234 g/mol. The van der Waals surface area contributed by atoms with Gasteiger partial charge >= 0.3 is 0 Å². The second kappa shape index (κ2) is 6.07. The fourth-order valence-electron chi connectivity index (χ4n) is 2.30. The molecule has 1 aliphatic rings. The Kier molecular flexibility index (Phi) is 4.45. The van der Waals surface area contributed by atoms with Crippen LogP contribution in [0, 0.1) is 6.92 Å². The highest BCUT2D eigenvalue weighted by Gasteiger charge is 2.14. The van der Waals surface area contributed by atoms with Crippen molar-refractivity contribution in [2.45, 2.75) is 38.8 Å². The van der Waals surface area contributed by atoms with Crippen molar-refractivity contribution in [2.75, 3.05) is 20.1 Å². The molecule has 2 rings (SSSR count). The quantitative estimate of drug-likeness (QED) is 0.857. The molecule has 1 fully saturated rings. The molecule has 1 aromatic heterocycles. The van der Waals surface area contributed by atoms with Crippen molar-refractivity contribution in [1.29, 1.82) is 0 Å². The summed E-state index contributed by atoms with van der Waals surface area (Å²) in [4.78, 5) is 10.9. The molecular formula is C13H22N4. The minimum atomic E-state index is 0.634. The third-order valence-corrected chi connectivity index (χ3v) is 3.36. The van der Waals surface area contributed by atoms with E-state index in [1.165, 1.54) is 32.4 Å². The third-order valence-electron chi connectivity index (χ3n) is 3.36. The molecule has 1 saturated heterocycles. The van der Waals surface area contributed by atoms with Crippen molar-refractivity contribution in [3.8, 4) is 0 Å². The Morgan fingerprint density at radius 2 is 2.29 bits per heavy atom. The Labute approximate surface area is 103 Å². The molecule has 2 heterocycles. The van der Waals surface area contributed by atoms with Gasteiger partial charge in [-0.15, -0.1) is 0 Å². The Morgan fingerprint density at radius 1 is 1.41 bits per heavy atom. The van der Waals surface area contributed by atoms with Gasteiger partial charge in [-0.05, 0) is 52.4 Å². The lowest BCUT2D eigenvalue weighted by molar-refractivity contribution is 0.343. The number of likely N-dealkylation sites (tertiary alicyclic amines) is 1. The van der Waals surface area contributed by atoms with Gasteiger partial charge in [-0.2, -0.15) is 0 Å². The van der Waals surface area contributed by atoms with E-state index in [9.17, 15) is 0 Å². The summed E-state index contributed by atoms with van der Waals surface area (Å²) < 4.78 is 0. The summed E-state index contributed by atoms with van der Waals surface area (Å²) in [5.74, 6) is 0.852. The van der Waals surface area contributed by atoms with Crippen molar-refractivity contribution < 1.29 is 0 Å². The number of nitrogens with zero attached hydrogens (tertiary/aromatic N) is 3. The van der Waals surface area contributed by atoms with E-state index in [0.29, 0.717) is 6.04 Å². The van der Waals surface area contributed by atoms with Gasteiger partial charge in [0.2, 0.25) is 0 Å². The standard InChI is InChI=1S/C13H22N4/c1-11-14-7-5-13(16-11)10-15-12-4-3-8-17(2)9-6-12/h5,7,12,15H,3-4,6,8-10H2,1-2H3. The van der Waals surface area contributed by atoms with E-state index in [1.807, 2.05) is 19.2 Å². The largest absolute Gasteiger partial charge is 0.308 e. The van der Waals surface area contributed by atoms with Crippen molar-refractivity contribution >= 4 is 0 Å². The number of aryl methyl sites for hydroxylation is 1. The molecule has 4 heteroatoms. The summed E-state index contributed by atoms with van der Waals surface area (Å²) >= 11 is 0. The molecule has 1 unspecified atom stereocenters. The molecule has 0 saturated carbocycles. The molecule has 94 valence electrons. The van der Waals surface area contributed by atoms with Crippen LogP contribution in [0.15, 0.2) is 12.3 Å². The van der Waals surface area contributed by atoms with Crippen LogP contribution in [0.3, 0.4) is 0 Å². The molecule has 4 nitrogen and oxygen atoms in total. The molecule has 1 N–H and O–H groups in total. The Bertz CT molecular complexity index is 353. The molecule has 1 atom stereocenters. The topological polar surface area (TPSA) is 41.1 Å². The average molecular weight is 234 g/mol. The number of aromatic nitrogens is 2. The zero-order valence-electron chi connectivity index (χ0n) is 10.8. The third kappa shape index (κ3) is 4.06. The van der Waals surface area contributed by atoms with E-state index in [2.05, 4.69) is 27.2 Å². The molecule has 0 bridgehead atoms. The highest BCUT2D eigenvalue weighted by atomic mass is 15.1. The number of nitrogens with one attached hydrogen (secondary N) is 1. The van der Waals surface area contributed by atoms with Crippen LogP contribution < -0.4 is 5.32 Å². The minimum Gasteiger partial charge on any atom is -0.308 e. The Hall–Kier alpha value is -1.00. The number of hydrogen-bond donors (Lipinski definition) is 1. The van der Waals surface area contributed by atoms with Gasteiger partial charge in [0.05, 0.1) is 5.69 Å². The molecular weight excluding hydrogens is 212 g/mol. The van der Waals surface area contributed by atoms with E-state index < -0.39 is 0 Å². The first-order valence-corrected chi connectivity index (χ1v) is 6.44. The molecule has 0 spiro atoms. The summed E-state index contributed by atoms with van der Waals surface area (Å²) in [6.07, 6.45) is 5.63. The molecule has 1 aromatic rings. The Morgan fingerprint density at radius 3 is 3.12 bits per heavy atom. The van der Waals surface area contributed by atoms with E-state index in [1.54, 1.807) is 0 Å². The molecule has 0 aliphatic carbocycles. The lowest BCUT2D eigenvalue weighted by atomic mass is 10.1. The van der Waals surface area contributed by atoms with Crippen LogP contribution in [-0.4, -0.2) is 41.0 Å². The lowest BCUT2D eigenvalue weighted by Gasteiger charge is -2.16. The minimum absolute atomic E-state index is 0.634. The van der Waals surface area contributed by atoms with E-state index >= 15 is 0 Å². The number of rotatable bonds is 3. The predicted molar refractivity (Wildman–Crippen MR) is 68.7 cm³/mol. The smallest absolute Gasteiger partial charge is 0.125 e. The van der Waals surface area contributed by atoms with Crippen molar-refractivity contribution in [2.24, 2.45) is 0 Å². The van der Waals surface area contributed by atoms with Crippen LogP contribution in [0.2, 0.25) is 0 Å². The fourth-order valence-corrected chi connectivity index (χ4v) is 2.30. The van der Waals surface area contributed by atoms with Crippen LogP contribution >= 0.6 is 0 Å². The van der Waals surface area contributed by atoms with Gasteiger partial charge in [-0.1, -0.05) is 0 Å². The lowest BCUT2D eigenvalue weighted by Crippen LogP contribution is -2.30. The van der Waals surface area contributed by atoms with E-state index in [-0.39, 0.29) is 0 Å². The van der Waals surface area contributed by atoms with Gasteiger partial charge < -0.3 is 10.2 Å². The first-order valence-electron chi connectivity index (χ1n) is 6.44. The summed E-state index contributed by atoms with van der Waals surface area (Å²) in [6, 6.07) is 2.62. The van der Waals surface area contributed by atoms with Crippen molar-refractivity contribution in [3.05, 3.63) is 23.8 Å². The van der Waals surface area contributed by atoms with E-state index in [0.717, 1.165) is 18.1 Å². The van der Waals surface area contributed by atoms with Crippen molar-refractivity contribution in [1.82, 2.24) is 20.2 Å². The summed E-state index contributed by atoms with van der Waals surface area (Å²) in [6.45, 7) is 5.22. The predicted octanol–water partition coefficient (Wildman–Crippen LogP) is 1.36. The van der Waals surface area contributed by atoms with Crippen LogP contribution in [0.4, 0.5) is 0 Å². The SMILES string of the molecule is Cc1nccc(CNC2CCCN(C)CC2)n1. The normalized spacial score (nSPS) is 22.4. The maximum Gasteiger partial charge on any atom is 0.125 e. The van der Waals surface area contributed by atoms with Gasteiger partial charge in [0.1, 0.15) is 5.82 Å². The fraction of sp³-hybridized carbons (Fsp3) is 0.692.